The van der Waals surface area contributed by atoms with Crippen molar-refractivity contribution in [1.29, 1.82) is 0 Å². The van der Waals surface area contributed by atoms with Crippen LogP contribution in [0.3, 0.4) is 0 Å². The van der Waals surface area contributed by atoms with Gasteiger partial charge in [0.15, 0.2) is 0 Å². The maximum Gasteiger partial charge on any atom is 0.310 e. The molecular weight excluding hydrogens is 288 g/mol. The number of rotatable bonds is 5. The van der Waals surface area contributed by atoms with E-state index in [1.54, 1.807) is 24.3 Å². The summed E-state index contributed by atoms with van der Waals surface area (Å²) < 4.78 is 0.900. The Hall–Kier alpha value is -1.36. The summed E-state index contributed by atoms with van der Waals surface area (Å²) in [6.45, 7) is 1.45. The second kappa shape index (κ2) is 5.31. The first-order chi connectivity index (χ1) is 7.83. The SMILES string of the molecule is CC(CC(=O)O)(Cc1ccc(Br)cc1)C(=O)O. The van der Waals surface area contributed by atoms with Crippen LogP contribution >= 0.6 is 15.9 Å². The highest BCUT2D eigenvalue weighted by molar-refractivity contribution is 9.10. The molecule has 4 nitrogen and oxygen atoms in total. The molecule has 1 unspecified atom stereocenters. The van der Waals surface area contributed by atoms with Crippen LogP contribution in [0.2, 0.25) is 0 Å². The van der Waals surface area contributed by atoms with Crippen LogP contribution in [0.15, 0.2) is 28.7 Å². The fourth-order valence-corrected chi connectivity index (χ4v) is 1.86. The lowest BCUT2D eigenvalue weighted by atomic mass is 9.81. The molecule has 0 spiro atoms. The number of carboxylic acid groups (broad SMARTS) is 2. The predicted octanol–water partition coefficient (Wildman–Crippen LogP) is 2.56. The minimum Gasteiger partial charge on any atom is -0.481 e. The van der Waals surface area contributed by atoms with E-state index in [9.17, 15) is 9.59 Å². The van der Waals surface area contributed by atoms with E-state index >= 15 is 0 Å². The van der Waals surface area contributed by atoms with Crippen molar-refractivity contribution in [3.05, 3.63) is 34.3 Å². The van der Waals surface area contributed by atoms with Crippen molar-refractivity contribution in [2.75, 3.05) is 0 Å². The van der Waals surface area contributed by atoms with Gasteiger partial charge in [-0.05, 0) is 31.0 Å². The van der Waals surface area contributed by atoms with E-state index in [2.05, 4.69) is 15.9 Å². The standard InChI is InChI=1S/C12H13BrO4/c1-12(11(16)17,7-10(14)15)6-8-2-4-9(13)5-3-8/h2-5H,6-7H2,1H3,(H,14,15)(H,16,17). The second-order valence-corrected chi connectivity index (χ2v) is 5.16. The molecule has 1 aromatic carbocycles. The van der Waals surface area contributed by atoms with Gasteiger partial charge in [0.2, 0.25) is 0 Å². The van der Waals surface area contributed by atoms with Gasteiger partial charge in [0.05, 0.1) is 11.8 Å². The molecule has 5 heteroatoms. The summed E-state index contributed by atoms with van der Waals surface area (Å²) in [4.78, 5) is 21.8. The van der Waals surface area contributed by atoms with Crippen molar-refractivity contribution in [3.63, 3.8) is 0 Å². The fraction of sp³-hybridized carbons (Fsp3) is 0.333. The molecule has 1 atom stereocenters. The van der Waals surface area contributed by atoms with Gasteiger partial charge in [-0.25, -0.2) is 0 Å². The summed E-state index contributed by atoms with van der Waals surface area (Å²) in [6.07, 6.45) is -0.194. The van der Waals surface area contributed by atoms with Crippen molar-refractivity contribution in [2.24, 2.45) is 5.41 Å². The van der Waals surface area contributed by atoms with Crippen LogP contribution in [-0.4, -0.2) is 22.2 Å². The molecule has 0 saturated heterocycles. The van der Waals surface area contributed by atoms with Gasteiger partial charge in [-0.3, -0.25) is 9.59 Å². The van der Waals surface area contributed by atoms with Crippen LogP contribution in [0.1, 0.15) is 18.9 Å². The first-order valence-corrected chi connectivity index (χ1v) is 5.82. The fourth-order valence-electron chi connectivity index (χ4n) is 1.60. The van der Waals surface area contributed by atoms with Crippen LogP contribution in [0.25, 0.3) is 0 Å². The highest BCUT2D eigenvalue weighted by Crippen LogP contribution is 2.27. The third kappa shape index (κ3) is 3.85. The van der Waals surface area contributed by atoms with Gasteiger partial charge in [-0.2, -0.15) is 0 Å². The van der Waals surface area contributed by atoms with Gasteiger partial charge < -0.3 is 10.2 Å². The number of carbonyl (C=O) groups is 2. The van der Waals surface area contributed by atoms with E-state index in [0.29, 0.717) is 0 Å². The molecule has 0 bridgehead atoms. The summed E-state index contributed by atoms with van der Waals surface area (Å²) in [5, 5.41) is 17.9. The van der Waals surface area contributed by atoms with E-state index < -0.39 is 23.8 Å². The van der Waals surface area contributed by atoms with Crippen molar-refractivity contribution in [2.45, 2.75) is 19.8 Å². The van der Waals surface area contributed by atoms with Gasteiger partial charge in [-0.1, -0.05) is 28.1 Å². The molecule has 0 aliphatic rings. The maximum atomic E-state index is 11.2. The zero-order valence-corrected chi connectivity index (χ0v) is 10.9. The largest absolute Gasteiger partial charge is 0.481 e. The molecule has 0 aliphatic carbocycles. The van der Waals surface area contributed by atoms with Gasteiger partial charge in [0.25, 0.3) is 0 Å². The minimum atomic E-state index is -1.28. The van der Waals surface area contributed by atoms with E-state index in [4.69, 9.17) is 10.2 Å². The predicted molar refractivity (Wildman–Crippen MR) is 65.8 cm³/mol. The molecular formula is C12H13BrO4. The Labute approximate surface area is 107 Å². The molecule has 0 saturated carbocycles. The minimum absolute atomic E-state index is 0.196. The highest BCUT2D eigenvalue weighted by Gasteiger charge is 2.35. The summed E-state index contributed by atoms with van der Waals surface area (Å²) in [5.74, 6) is -2.20. The van der Waals surface area contributed by atoms with E-state index in [1.807, 2.05) is 0 Å². The van der Waals surface area contributed by atoms with Crippen molar-refractivity contribution in [3.8, 4) is 0 Å². The molecule has 17 heavy (non-hydrogen) atoms. The zero-order valence-electron chi connectivity index (χ0n) is 9.31. The quantitative estimate of drug-likeness (QED) is 0.876. The summed E-state index contributed by atoms with van der Waals surface area (Å²) in [5.41, 5.74) is -0.473. The molecule has 0 aromatic heterocycles. The Morgan fingerprint density at radius 2 is 1.76 bits per heavy atom. The molecule has 0 fully saturated rings. The first kappa shape index (κ1) is 13.7. The zero-order chi connectivity index (χ0) is 13.1. The van der Waals surface area contributed by atoms with E-state index in [0.717, 1.165) is 10.0 Å². The normalized spacial score (nSPS) is 14.0. The first-order valence-electron chi connectivity index (χ1n) is 5.03. The molecule has 0 heterocycles. The molecule has 2 N–H and O–H groups in total. The lowest BCUT2D eigenvalue weighted by Crippen LogP contribution is -2.32. The molecule has 0 radical (unpaired) electrons. The maximum absolute atomic E-state index is 11.2. The molecule has 1 rings (SSSR count). The third-order valence-electron chi connectivity index (χ3n) is 2.57. The Bertz CT molecular complexity index is 427. The topological polar surface area (TPSA) is 74.6 Å². The summed E-state index contributed by atoms with van der Waals surface area (Å²) >= 11 is 3.28. The molecule has 0 aliphatic heterocycles. The van der Waals surface area contributed by atoms with Crippen LogP contribution in [0, 0.1) is 5.41 Å². The van der Waals surface area contributed by atoms with Crippen molar-refractivity contribution in [1.82, 2.24) is 0 Å². The number of aliphatic carboxylic acids is 2. The van der Waals surface area contributed by atoms with Crippen molar-refractivity contribution >= 4 is 27.9 Å². The lowest BCUT2D eigenvalue weighted by Gasteiger charge is -2.22. The lowest BCUT2D eigenvalue weighted by molar-refractivity contribution is -0.154. The van der Waals surface area contributed by atoms with Crippen LogP contribution in [0.5, 0.6) is 0 Å². The Kier molecular flexibility index (Phi) is 4.28. The van der Waals surface area contributed by atoms with Crippen molar-refractivity contribution < 1.29 is 19.8 Å². The second-order valence-electron chi connectivity index (χ2n) is 4.24. The number of benzene rings is 1. The number of hydrogen-bond acceptors (Lipinski definition) is 2. The Morgan fingerprint density at radius 3 is 2.18 bits per heavy atom. The van der Waals surface area contributed by atoms with Crippen LogP contribution in [0.4, 0.5) is 0 Å². The summed E-state index contributed by atoms with van der Waals surface area (Å²) in [7, 11) is 0. The summed E-state index contributed by atoms with van der Waals surface area (Å²) in [6, 6.07) is 7.18. The average Bonchev–Trinajstić information content (AvgIpc) is 2.20. The monoisotopic (exact) mass is 300 g/mol. The number of halogens is 1. The molecule has 92 valence electrons. The number of carboxylic acids is 2. The molecule has 1 aromatic rings. The average molecular weight is 301 g/mol. The van der Waals surface area contributed by atoms with Crippen LogP contribution < -0.4 is 0 Å². The van der Waals surface area contributed by atoms with Crippen LogP contribution in [-0.2, 0) is 16.0 Å². The Morgan fingerprint density at radius 1 is 1.24 bits per heavy atom. The third-order valence-corrected chi connectivity index (χ3v) is 3.09. The Balaban J connectivity index is 2.90. The van der Waals surface area contributed by atoms with E-state index in [-0.39, 0.29) is 6.42 Å². The van der Waals surface area contributed by atoms with Gasteiger partial charge in [-0.15, -0.1) is 0 Å². The number of hydrogen-bond donors (Lipinski definition) is 2. The van der Waals surface area contributed by atoms with Gasteiger partial charge >= 0.3 is 11.9 Å². The smallest absolute Gasteiger partial charge is 0.310 e. The molecule has 0 amide bonds. The highest BCUT2D eigenvalue weighted by atomic mass is 79.9. The van der Waals surface area contributed by atoms with E-state index in [1.165, 1.54) is 6.92 Å². The van der Waals surface area contributed by atoms with Gasteiger partial charge in [0, 0.05) is 4.47 Å². The van der Waals surface area contributed by atoms with Gasteiger partial charge in [0.1, 0.15) is 0 Å².